The molecule has 7 heteroatoms. The molecule has 0 aliphatic carbocycles. The lowest BCUT2D eigenvalue weighted by Crippen LogP contribution is -2.35. The number of aryl methyl sites for hydroxylation is 1. The van der Waals surface area contributed by atoms with Crippen molar-refractivity contribution in [2.24, 2.45) is 0 Å². The molecule has 1 saturated heterocycles. The molecule has 1 aliphatic rings. The van der Waals surface area contributed by atoms with Gasteiger partial charge in [0.15, 0.2) is 0 Å². The minimum atomic E-state index is -3.40. The van der Waals surface area contributed by atoms with Gasteiger partial charge in [-0.05, 0) is 49.1 Å². The highest BCUT2D eigenvalue weighted by Gasteiger charge is 2.25. The van der Waals surface area contributed by atoms with Gasteiger partial charge in [0, 0.05) is 35.5 Å². The summed E-state index contributed by atoms with van der Waals surface area (Å²) in [6.45, 7) is 3.22. The molecule has 1 aliphatic heterocycles. The van der Waals surface area contributed by atoms with Gasteiger partial charge in [-0.3, -0.25) is 0 Å². The van der Waals surface area contributed by atoms with Crippen LogP contribution in [0.25, 0.3) is 11.3 Å². The number of halogens is 1. The smallest absolute Gasteiger partial charge is 0.241 e. The number of aromatic nitrogens is 1. The van der Waals surface area contributed by atoms with Crippen molar-refractivity contribution in [2.45, 2.75) is 37.5 Å². The Hall–Kier alpha value is -1.73. The molecule has 0 N–H and O–H groups in total. The monoisotopic (exact) mass is 446 g/mol. The number of hydrogen-bond acceptors (Lipinski definition) is 4. The molecule has 29 heavy (non-hydrogen) atoms. The molecule has 0 spiro atoms. The summed E-state index contributed by atoms with van der Waals surface area (Å²) in [7, 11) is -3.40. The van der Waals surface area contributed by atoms with Crippen molar-refractivity contribution in [2.75, 3.05) is 13.1 Å². The highest BCUT2D eigenvalue weighted by atomic mass is 35.5. The van der Waals surface area contributed by atoms with Gasteiger partial charge in [-0.2, -0.15) is 4.31 Å². The first-order valence-corrected chi connectivity index (χ1v) is 12.4. The fraction of sp³-hybridized carbons (Fsp3) is 0.318. The van der Waals surface area contributed by atoms with E-state index in [2.05, 4.69) is 6.07 Å². The molecule has 0 atom stereocenters. The molecule has 2 heterocycles. The van der Waals surface area contributed by atoms with Crippen molar-refractivity contribution in [1.82, 2.24) is 9.29 Å². The minimum absolute atomic E-state index is 0.355. The Balaban J connectivity index is 1.50. The van der Waals surface area contributed by atoms with E-state index in [0.29, 0.717) is 18.0 Å². The number of piperidine rings is 1. The van der Waals surface area contributed by atoms with E-state index in [0.717, 1.165) is 58.1 Å². The van der Waals surface area contributed by atoms with Crippen LogP contribution in [0.4, 0.5) is 0 Å². The zero-order valence-electron chi connectivity index (χ0n) is 16.3. The largest absolute Gasteiger partial charge is 0.243 e. The van der Waals surface area contributed by atoms with E-state index in [-0.39, 0.29) is 0 Å². The van der Waals surface area contributed by atoms with E-state index < -0.39 is 10.0 Å². The number of rotatable bonds is 5. The Labute approximate surface area is 181 Å². The van der Waals surface area contributed by atoms with Gasteiger partial charge in [0.1, 0.15) is 0 Å². The highest BCUT2D eigenvalue weighted by molar-refractivity contribution is 7.89. The molecular weight excluding hydrogens is 424 g/mol. The van der Waals surface area contributed by atoms with E-state index in [1.54, 1.807) is 27.8 Å². The molecule has 4 nitrogen and oxygen atoms in total. The van der Waals surface area contributed by atoms with E-state index >= 15 is 0 Å². The van der Waals surface area contributed by atoms with E-state index in [9.17, 15) is 8.42 Å². The Morgan fingerprint density at radius 3 is 2.48 bits per heavy atom. The number of benzene rings is 2. The van der Waals surface area contributed by atoms with Crippen molar-refractivity contribution in [3.8, 4) is 11.3 Å². The molecule has 1 aromatic heterocycles. The third-order valence-corrected chi connectivity index (χ3v) is 8.42. The molecule has 0 unspecified atom stereocenters. The van der Waals surface area contributed by atoms with Crippen LogP contribution >= 0.6 is 22.9 Å². The van der Waals surface area contributed by atoms with Crippen LogP contribution in [0.15, 0.2) is 52.7 Å². The van der Waals surface area contributed by atoms with Crippen molar-refractivity contribution < 1.29 is 8.42 Å². The van der Waals surface area contributed by atoms with Gasteiger partial charge in [-0.25, -0.2) is 13.4 Å². The highest BCUT2D eigenvalue weighted by Crippen LogP contribution is 2.27. The van der Waals surface area contributed by atoms with Crippen molar-refractivity contribution >= 4 is 33.0 Å². The normalized spacial score (nSPS) is 15.5. The average molecular weight is 447 g/mol. The van der Waals surface area contributed by atoms with E-state index in [4.69, 9.17) is 16.6 Å². The third kappa shape index (κ3) is 4.56. The molecule has 3 aromatic rings. The quantitative estimate of drug-likeness (QED) is 0.517. The second kappa shape index (κ2) is 8.56. The maximum absolute atomic E-state index is 12.8. The van der Waals surface area contributed by atoms with Gasteiger partial charge in [-0.1, -0.05) is 42.3 Å². The van der Waals surface area contributed by atoms with Crippen LogP contribution in [0.2, 0.25) is 5.02 Å². The number of nitrogens with zero attached hydrogens (tertiary/aromatic N) is 2. The molecule has 4 rings (SSSR count). The van der Waals surface area contributed by atoms with E-state index in [1.807, 2.05) is 36.6 Å². The molecule has 0 bridgehead atoms. The van der Waals surface area contributed by atoms with Crippen molar-refractivity contribution in [1.29, 1.82) is 0 Å². The fourth-order valence-electron chi connectivity index (χ4n) is 3.50. The molecule has 152 valence electrons. The second-order valence-electron chi connectivity index (χ2n) is 7.38. The van der Waals surface area contributed by atoms with Gasteiger partial charge in [0.2, 0.25) is 10.0 Å². The number of hydrogen-bond donors (Lipinski definition) is 0. The SMILES string of the molecule is Cc1ccc(Cc2nc(-c3ccc(S(=O)(=O)N4CCCCC4)cc3)cs2)cc1Cl. The van der Waals surface area contributed by atoms with Crippen LogP contribution in [0.3, 0.4) is 0 Å². The van der Waals surface area contributed by atoms with Gasteiger partial charge < -0.3 is 0 Å². The van der Waals surface area contributed by atoms with Crippen molar-refractivity contribution in [3.63, 3.8) is 0 Å². The van der Waals surface area contributed by atoms with E-state index in [1.165, 1.54) is 0 Å². The number of thiazole rings is 1. The van der Waals surface area contributed by atoms with Gasteiger partial charge >= 0.3 is 0 Å². The van der Waals surface area contributed by atoms with Gasteiger partial charge in [-0.15, -0.1) is 11.3 Å². The number of sulfonamides is 1. The third-order valence-electron chi connectivity index (χ3n) is 5.25. The lowest BCUT2D eigenvalue weighted by atomic mass is 10.1. The molecule has 1 fully saturated rings. The summed E-state index contributed by atoms with van der Waals surface area (Å²) >= 11 is 7.82. The topological polar surface area (TPSA) is 50.3 Å². The predicted octanol–water partition coefficient (Wildman–Crippen LogP) is 5.54. The standard InChI is InChI=1S/C22H23ClN2O2S2/c1-16-5-6-17(13-20(16)23)14-22-24-21(15-28-22)18-7-9-19(10-8-18)29(26,27)25-11-3-2-4-12-25/h5-10,13,15H,2-4,11-12,14H2,1H3. The van der Waals surface area contributed by atoms with Crippen LogP contribution in [0, 0.1) is 6.92 Å². The summed E-state index contributed by atoms with van der Waals surface area (Å²) in [4.78, 5) is 5.08. The summed E-state index contributed by atoms with van der Waals surface area (Å²) in [6.07, 6.45) is 3.70. The maximum Gasteiger partial charge on any atom is 0.243 e. The first-order valence-electron chi connectivity index (χ1n) is 9.73. The van der Waals surface area contributed by atoms with Crippen LogP contribution in [-0.4, -0.2) is 30.8 Å². The fourth-order valence-corrected chi connectivity index (χ4v) is 6.06. The average Bonchev–Trinajstić information content (AvgIpc) is 3.20. The second-order valence-corrected chi connectivity index (χ2v) is 10.7. The zero-order valence-corrected chi connectivity index (χ0v) is 18.7. The molecule has 0 amide bonds. The Morgan fingerprint density at radius 2 is 1.79 bits per heavy atom. The summed E-state index contributed by atoms with van der Waals surface area (Å²) < 4.78 is 27.2. The first-order chi connectivity index (χ1) is 13.9. The van der Waals surface area contributed by atoms with Crippen LogP contribution in [-0.2, 0) is 16.4 Å². The predicted molar refractivity (Wildman–Crippen MR) is 119 cm³/mol. The summed E-state index contributed by atoms with van der Waals surface area (Å²) in [6, 6.07) is 13.2. The minimum Gasteiger partial charge on any atom is -0.241 e. The van der Waals surface area contributed by atoms with Gasteiger partial charge in [0.25, 0.3) is 0 Å². The van der Waals surface area contributed by atoms with Crippen LogP contribution in [0.1, 0.15) is 35.4 Å². The Morgan fingerprint density at radius 1 is 1.07 bits per heavy atom. The first kappa shape index (κ1) is 20.5. The summed E-state index contributed by atoms with van der Waals surface area (Å²) in [5.41, 5.74) is 3.98. The molecule has 0 saturated carbocycles. The summed E-state index contributed by atoms with van der Waals surface area (Å²) in [5.74, 6) is 0. The maximum atomic E-state index is 12.8. The molecule has 2 aromatic carbocycles. The van der Waals surface area contributed by atoms with Crippen LogP contribution < -0.4 is 0 Å². The zero-order chi connectivity index (χ0) is 20.4. The molecule has 0 radical (unpaired) electrons. The Kier molecular flexibility index (Phi) is 6.06. The summed E-state index contributed by atoms with van der Waals surface area (Å²) in [5, 5.41) is 3.79. The van der Waals surface area contributed by atoms with Crippen LogP contribution in [0.5, 0.6) is 0 Å². The lowest BCUT2D eigenvalue weighted by molar-refractivity contribution is 0.346. The van der Waals surface area contributed by atoms with Gasteiger partial charge in [0.05, 0.1) is 15.6 Å². The Bertz CT molecular complexity index is 1100. The molecular formula is C22H23ClN2O2S2. The lowest BCUT2D eigenvalue weighted by Gasteiger charge is -2.25. The van der Waals surface area contributed by atoms with Crippen molar-refractivity contribution in [3.05, 3.63) is 69.0 Å².